The van der Waals surface area contributed by atoms with Crippen LogP contribution in [0.4, 0.5) is 0 Å². The predicted octanol–water partition coefficient (Wildman–Crippen LogP) is 1.08. The van der Waals surface area contributed by atoms with Crippen molar-refractivity contribution in [3.8, 4) is 5.88 Å². The minimum atomic E-state index is 0.0882. The Morgan fingerprint density at radius 2 is 2.29 bits per heavy atom. The first kappa shape index (κ1) is 8.96. The van der Waals surface area contributed by atoms with Crippen molar-refractivity contribution in [2.45, 2.75) is 31.3 Å². The molecule has 0 amide bonds. The molecule has 1 atom stereocenters. The summed E-state index contributed by atoms with van der Waals surface area (Å²) in [5, 5.41) is 4.57. The summed E-state index contributed by atoms with van der Waals surface area (Å²) in [5.74, 6) is 1.61. The van der Waals surface area contributed by atoms with E-state index in [4.69, 9.17) is 10.5 Å². The first-order valence-corrected chi connectivity index (χ1v) is 5.98. The Balaban J connectivity index is 2.01. The van der Waals surface area contributed by atoms with Crippen molar-refractivity contribution in [1.29, 1.82) is 0 Å². The third kappa shape index (κ3) is 1.33. The van der Waals surface area contributed by atoms with Gasteiger partial charge in [-0.2, -0.15) is 5.10 Å². The number of rotatable bonds is 1. The van der Waals surface area contributed by atoms with Crippen molar-refractivity contribution < 1.29 is 4.74 Å². The SMILES string of the molecule is N[C@@H]1COc2c(I)c(C3CC3)nn2C1. The van der Waals surface area contributed by atoms with Crippen LogP contribution in [-0.2, 0) is 6.54 Å². The lowest BCUT2D eigenvalue weighted by Gasteiger charge is -2.20. The van der Waals surface area contributed by atoms with E-state index in [1.165, 1.54) is 22.1 Å². The van der Waals surface area contributed by atoms with Gasteiger partial charge in [-0.1, -0.05) is 0 Å². The molecular weight excluding hydrogens is 293 g/mol. The smallest absolute Gasteiger partial charge is 0.226 e. The van der Waals surface area contributed by atoms with Gasteiger partial charge in [0.25, 0.3) is 0 Å². The molecule has 1 aliphatic heterocycles. The Bertz CT molecular complexity index is 372. The molecule has 1 aliphatic carbocycles. The van der Waals surface area contributed by atoms with Crippen molar-refractivity contribution in [3.63, 3.8) is 0 Å². The van der Waals surface area contributed by atoms with Crippen LogP contribution in [0.25, 0.3) is 0 Å². The molecule has 3 rings (SSSR count). The molecule has 0 aromatic carbocycles. The number of hydrogen-bond donors (Lipinski definition) is 1. The van der Waals surface area contributed by atoms with Crippen molar-refractivity contribution in [1.82, 2.24) is 9.78 Å². The molecule has 1 aromatic heterocycles. The first-order valence-electron chi connectivity index (χ1n) is 4.90. The van der Waals surface area contributed by atoms with Gasteiger partial charge in [-0.25, -0.2) is 4.68 Å². The second kappa shape index (κ2) is 3.10. The van der Waals surface area contributed by atoms with E-state index in [0.717, 1.165) is 12.4 Å². The Kier molecular flexibility index (Phi) is 1.98. The summed E-state index contributed by atoms with van der Waals surface area (Å²) in [7, 11) is 0. The van der Waals surface area contributed by atoms with Gasteiger partial charge in [0.15, 0.2) is 0 Å². The highest BCUT2D eigenvalue weighted by Gasteiger charge is 2.33. The lowest BCUT2D eigenvalue weighted by Crippen LogP contribution is -2.37. The summed E-state index contributed by atoms with van der Waals surface area (Å²) in [6, 6.07) is 0.0882. The molecule has 5 heteroatoms. The van der Waals surface area contributed by atoms with E-state index in [-0.39, 0.29) is 6.04 Å². The fourth-order valence-corrected chi connectivity index (χ4v) is 2.76. The van der Waals surface area contributed by atoms with E-state index in [1.807, 2.05) is 4.68 Å². The van der Waals surface area contributed by atoms with E-state index < -0.39 is 0 Å². The highest BCUT2D eigenvalue weighted by molar-refractivity contribution is 14.1. The zero-order valence-electron chi connectivity index (χ0n) is 7.74. The first-order chi connectivity index (χ1) is 6.75. The van der Waals surface area contributed by atoms with Crippen LogP contribution >= 0.6 is 22.6 Å². The Hall–Kier alpha value is -0.300. The van der Waals surface area contributed by atoms with Crippen LogP contribution < -0.4 is 10.5 Å². The molecule has 1 fully saturated rings. The lowest BCUT2D eigenvalue weighted by atomic mass is 10.3. The molecule has 76 valence electrons. The quantitative estimate of drug-likeness (QED) is 0.790. The molecule has 0 spiro atoms. The topological polar surface area (TPSA) is 53.1 Å². The van der Waals surface area contributed by atoms with Gasteiger partial charge >= 0.3 is 0 Å². The van der Waals surface area contributed by atoms with Gasteiger partial charge in [-0.05, 0) is 35.4 Å². The fourth-order valence-electron chi connectivity index (χ4n) is 1.78. The van der Waals surface area contributed by atoms with Crippen molar-refractivity contribution >= 4 is 22.6 Å². The highest BCUT2D eigenvalue weighted by atomic mass is 127. The number of aromatic nitrogens is 2. The molecule has 2 N–H and O–H groups in total. The number of halogens is 1. The molecule has 0 saturated heterocycles. The second-order valence-electron chi connectivity index (χ2n) is 4.03. The summed E-state index contributed by atoms with van der Waals surface area (Å²) < 4.78 is 8.70. The molecule has 4 nitrogen and oxygen atoms in total. The summed E-state index contributed by atoms with van der Waals surface area (Å²) in [6.45, 7) is 1.41. The molecule has 2 heterocycles. The minimum absolute atomic E-state index is 0.0882. The summed E-state index contributed by atoms with van der Waals surface area (Å²) in [5.41, 5.74) is 7.03. The van der Waals surface area contributed by atoms with E-state index in [9.17, 15) is 0 Å². The van der Waals surface area contributed by atoms with Gasteiger partial charge in [0, 0.05) is 5.92 Å². The molecule has 1 saturated carbocycles. The van der Waals surface area contributed by atoms with Crippen LogP contribution in [0, 0.1) is 3.57 Å². The summed E-state index contributed by atoms with van der Waals surface area (Å²) in [4.78, 5) is 0. The van der Waals surface area contributed by atoms with Gasteiger partial charge in [-0.3, -0.25) is 0 Å². The normalized spacial score (nSPS) is 25.7. The zero-order chi connectivity index (χ0) is 9.71. The average Bonchev–Trinajstić information content (AvgIpc) is 2.93. The van der Waals surface area contributed by atoms with Gasteiger partial charge < -0.3 is 10.5 Å². The molecular formula is C9H12IN3O. The molecule has 14 heavy (non-hydrogen) atoms. The standard InChI is InChI=1S/C9H12IN3O/c10-7-8(5-1-2-5)12-13-3-6(11)4-14-9(7)13/h5-6H,1-4,11H2/t6-/m0/s1. The molecule has 2 aliphatic rings. The van der Waals surface area contributed by atoms with E-state index in [0.29, 0.717) is 12.5 Å². The number of nitrogens with zero attached hydrogens (tertiary/aromatic N) is 2. The maximum atomic E-state index is 5.81. The monoisotopic (exact) mass is 305 g/mol. The van der Waals surface area contributed by atoms with Crippen LogP contribution in [0.15, 0.2) is 0 Å². The molecule has 1 aromatic rings. The summed E-state index contributed by atoms with van der Waals surface area (Å²) in [6.07, 6.45) is 2.55. The third-order valence-corrected chi connectivity index (χ3v) is 3.70. The van der Waals surface area contributed by atoms with Gasteiger partial charge in [-0.15, -0.1) is 0 Å². The number of hydrogen-bond acceptors (Lipinski definition) is 3. The largest absolute Gasteiger partial charge is 0.475 e. The Labute approximate surface area is 95.9 Å². The maximum Gasteiger partial charge on any atom is 0.226 e. The predicted molar refractivity (Wildman–Crippen MR) is 60.4 cm³/mol. The maximum absolute atomic E-state index is 5.81. The Morgan fingerprint density at radius 1 is 1.50 bits per heavy atom. The zero-order valence-corrected chi connectivity index (χ0v) is 9.90. The molecule has 0 bridgehead atoms. The van der Waals surface area contributed by atoms with Crippen LogP contribution in [-0.4, -0.2) is 22.4 Å². The molecule has 0 radical (unpaired) electrons. The van der Waals surface area contributed by atoms with Crippen molar-refractivity contribution in [2.75, 3.05) is 6.61 Å². The lowest BCUT2D eigenvalue weighted by molar-refractivity contribution is 0.204. The van der Waals surface area contributed by atoms with Gasteiger partial charge in [0.1, 0.15) is 6.61 Å². The van der Waals surface area contributed by atoms with Crippen molar-refractivity contribution in [3.05, 3.63) is 9.26 Å². The van der Waals surface area contributed by atoms with Crippen LogP contribution in [0.5, 0.6) is 5.88 Å². The van der Waals surface area contributed by atoms with Crippen LogP contribution in [0.3, 0.4) is 0 Å². The van der Waals surface area contributed by atoms with Gasteiger partial charge in [0.2, 0.25) is 5.88 Å². The number of fused-ring (bicyclic) bond motifs is 1. The van der Waals surface area contributed by atoms with Crippen LogP contribution in [0.2, 0.25) is 0 Å². The van der Waals surface area contributed by atoms with E-state index in [1.54, 1.807) is 0 Å². The average molecular weight is 305 g/mol. The fraction of sp³-hybridized carbons (Fsp3) is 0.667. The minimum Gasteiger partial charge on any atom is -0.475 e. The molecule has 0 unspecified atom stereocenters. The van der Waals surface area contributed by atoms with Crippen molar-refractivity contribution in [2.24, 2.45) is 5.73 Å². The Morgan fingerprint density at radius 3 is 3.00 bits per heavy atom. The number of ether oxygens (including phenoxy) is 1. The second-order valence-corrected chi connectivity index (χ2v) is 5.11. The van der Waals surface area contributed by atoms with Crippen LogP contribution in [0.1, 0.15) is 24.5 Å². The van der Waals surface area contributed by atoms with Gasteiger partial charge in [0.05, 0.1) is 21.9 Å². The van der Waals surface area contributed by atoms with E-state index in [2.05, 4.69) is 27.7 Å². The summed E-state index contributed by atoms with van der Waals surface area (Å²) >= 11 is 2.33. The third-order valence-electron chi connectivity index (χ3n) is 2.68. The van der Waals surface area contributed by atoms with E-state index >= 15 is 0 Å². The number of nitrogens with two attached hydrogens (primary N) is 1. The highest BCUT2D eigenvalue weighted by Crippen LogP contribution is 2.43.